The van der Waals surface area contributed by atoms with E-state index in [1.54, 1.807) is 0 Å². The van der Waals surface area contributed by atoms with Crippen molar-refractivity contribution in [2.24, 2.45) is 5.73 Å². The van der Waals surface area contributed by atoms with Crippen LogP contribution in [0.15, 0.2) is 46.9 Å². The number of nitrogens with zero attached hydrogens (tertiary/aromatic N) is 1. The van der Waals surface area contributed by atoms with Crippen molar-refractivity contribution in [2.75, 3.05) is 7.05 Å². The third-order valence-electron chi connectivity index (χ3n) is 3.19. The van der Waals surface area contributed by atoms with Crippen LogP contribution in [0.5, 0.6) is 0 Å². The van der Waals surface area contributed by atoms with Gasteiger partial charge in [-0.15, -0.1) is 0 Å². The Kier molecular flexibility index (Phi) is 5.29. The molecule has 2 N–H and O–H groups in total. The maximum Gasteiger partial charge on any atom is 0.128 e. The first-order valence-electron chi connectivity index (χ1n) is 6.49. The largest absolute Gasteiger partial charge is 0.326 e. The van der Waals surface area contributed by atoms with E-state index in [4.69, 9.17) is 5.73 Å². The summed E-state index contributed by atoms with van der Waals surface area (Å²) in [6, 6.07) is 13.3. The molecule has 0 aliphatic carbocycles. The molecule has 106 valence electrons. The summed E-state index contributed by atoms with van der Waals surface area (Å²) in [6.45, 7) is 1.70. The molecule has 4 heteroatoms. The van der Waals surface area contributed by atoms with Crippen LogP contribution in [-0.2, 0) is 19.6 Å². The van der Waals surface area contributed by atoms with E-state index in [0.29, 0.717) is 18.7 Å². The molecule has 2 aromatic rings. The van der Waals surface area contributed by atoms with E-state index in [0.717, 1.165) is 16.6 Å². The normalized spacial score (nSPS) is 11.1. The molecular formula is C16H18BrFN2. The Labute approximate surface area is 127 Å². The maximum absolute atomic E-state index is 13.9. The van der Waals surface area contributed by atoms with Crippen LogP contribution in [0.25, 0.3) is 0 Å². The lowest BCUT2D eigenvalue weighted by molar-refractivity contribution is 0.313. The number of rotatable bonds is 5. The van der Waals surface area contributed by atoms with Gasteiger partial charge in [-0.3, -0.25) is 4.90 Å². The molecular weight excluding hydrogens is 319 g/mol. The number of nitrogens with two attached hydrogens (primary N) is 1. The van der Waals surface area contributed by atoms with Crippen molar-refractivity contribution in [3.8, 4) is 0 Å². The minimum Gasteiger partial charge on any atom is -0.326 e. The van der Waals surface area contributed by atoms with E-state index in [2.05, 4.69) is 26.9 Å². The highest BCUT2D eigenvalue weighted by Crippen LogP contribution is 2.19. The van der Waals surface area contributed by atoms with Crippen LogP contribution in [-0.4, -0.2) is 11.9 Å². The predicted octanol–water partition coefficient (Wildman–Crippen LogP) is 3.68. The van der Waals surface area contributed by atoms with Gasteiger partial charge in [-0.25, -0.2) is 4.39 Å². The number of halogens is 2. The molecule has 20 heavy (non-hydrogen) atoms. The Morgan fingerprint density at radius 2 is 1.80 bits per heavy atom. The fourth-order valence-corrected chi connectivity index (χ4v) is 2.52. The molecule has 2 rings (SSSR count). The van der Waals surface area contributed by atoms with Crippen molar-refractivity contribution in [3.63, 3.8) is 0 Å². The Morgan fingerprint density at radius 1 is 1.10 bits per heavy atom. The minimum absolute atomic E-state index is 0.188. The topological polar surface area (TPSA) is 29.3 Å². The van der Waals surface area contributed by atoms with E-state index in [1.807, 2.05) is 37.4 Å². The summed E-state index contributed by atoms with van der Waals surface area (Å²) in [5, 5.41) is 0. The standard InChI is InChI=1S/C16H18BrFN2/c1-20(10-13-4-2-3-5-15(13)17)11-14-7-6-12(9-19)8-16(14)18/h2-8H,9-11,19H2,1H3. The van der Waals surface area contributed by atoms with Gasteiger partial charge in [0.25, 0.3) is 0 Å². The highest BCUT2D eigenvalue weighted by Gasteiger charge is 2.08. The summed E-state index contributed by atoms with van der Waals surface area (Å²) < 4.78 is 15.0. The van der Waals surface area contributed by atoms with E-state index in [-0.39, 0.29) is 5.82 Å². The Balaban J connectivity index is 2.05. The van der Waals surface area contributed by atoms with Gasteiger partial charge < -0.3 is 5.73 Å². The first-order valence-corrected chi connectivity index (χ1v) is 7.28. The van der Waals surface area contributed by atoms with Crippen LogP contribution in [0, 0.1) is 5.82 Å². The summed E-state index contributed by atoms with van der Waals surface area (Å²) in [5.41, 5.74) is 8.21. The van der Waals surface area contributed by atoms with Crippen molar-refractivity contribution in [2.45, 2.75) is 19.6 Å². The highest BCUT2D eigenvalue weighted by molar-refractivity contribution is 9.10. The zero-order valence-corrected chi connectivity index (χ0v) is 13.0. The molecule has 0 unspecified atom stereocenters. The van der Waals surface area contributed by atoms with Crippen LogP contribution in [0.1, 0.15) is 16.7 Å². The molecule has 0 fully saturated rings. The molecule has 0 atom stereocenters. The van der Waals surface area contributed by atoms with Gasteiger partial charge in [0.2, 0.25) is 0 Å². The molecule has 0 amide bonds. The zero-order valence-electron chi connectivity index (χ0n) is 11.4. The van der Waals surface area contributed by atoms with Gasteiger partial charge in [-0.2, -0.15) is 0 Å². The molecule has 2 aromatic carbocycles. The van der Waals surface area contributed by atoms with Crippen molar-refractivity contribution in [3.05, 3.63) is 69.4 Å². The van der Waals surface area contributed by atoms with Gasteiger partial charge in [-0.1, -0.05) is 46.3 Å². The number of hydrogen-bond acceptors (Lipinski definition) is 2. The molecule has 0 aliphatic rings. The van der Waals surface area contributed by atoms with Gasteiger partial charge >= 0.3 is 0 Å². The van der Waals surface area contributed by atoms with Crippen molar-refractivity contribution < 1.29 is 4.39 Å². The molecule has 0 aromatic heterocycles. The first-order chi connectivity index (χ1) is 9.60. The van der Waals surface area contributed by atoms with Crippen LogP contribution in [0.3, 0.4) is 0 Å². The molecule has 0 aliphatic heterocycles. The lowest BCUT2D eigenvalue weighted by Crippen LogP contribution is -2.18. The average Bonchev–Trinajstić information content (AvgIpc) is 2.43. The van der Waals surface area contributed by atoms with E-state index >= 15 is 0 Å². The predicted molar refractivity (Wildman–Crippen MR) is 83.6 cm³/mol. The third-order valence-corrected chi connectivity index (χ3v) is 3.97. The van der Waals surface area contributed by atoms with Crippen LogP contribution in [0.4, 0.5) is 4.39 Å². The molecule has 0 spiro atoms. The molecule has 0 saturated carbocycles. The Hall–Kier alpha value is -1.23. The molecule has 0 bridgehead atoms. The SMILES string of the molecule is CN(Cc1ccc(CN)cc1F)Cc1ccccc1Br. The lowest BCUT2D eigenvalue weighted by Gasteiger charge is -2.18. The molecule has 0 heterocycles. The van der Waals surface area contributed by atoms with Gasteiger partial charge in [0.05, 0.1) is 0 Å². The van der Waals surface area contributed by atoms with E-state index in [1.165, 1.54) is 11.6 Å². The lowest BCUT2D eigenvalue weighted by atomic mass is 10.1. The third kappa shape index (κ3) is 3.88. The smallest absolute Gasteiger partial charge is 0.128 e. The summed E-state index contributed by atoms with van der Waals surface area (Å²) in [6.07, 6.45) is 0. The van der Waals surface area contributed by atoms with Crippen LogP contribution in [0.2, 0.25) is 0 Å². The van der Waals surface area contributed by atoms with Crippen molar-refractivity contribution in [1.82, 2.24) is 4.90 Å². The summed E-state index contributed by atoms with van der Waals surface area (Å²) in [4.78, 5) is 2.08. The monoisotopic (exact) mass is 336 g/mol. The second-order valence-electron chi connectivity index (χ2n) is 4.89. The van der Waals surface area contributed by atoms with Gasteiger partial charge in [0, 0.05) is 29.7 Å². The molecule has 0 saturated heterocycles. The van der Waals surface area contributed by atoms with Crippen LogP contribution < -0.4 is 5.73 Å². The molecule has 0 radical (unpaired) electrons. The quantitative estimate of drug-likeness (QED) is 0.902. The maximum atomic E-state index is 13.9. The van der Waals surface area contributed by atoms with Gasteiger partial charge in [0.1, 0.15) is 5.82 Å². The van der Waals surface area contributed by atoms with Gasteiger partial charge in [-0.05, 0) is 30.3 Å². The second kappa shape index (κ2) is 6.97. The second-order valence-corrected chi connectivity index (χ2v) is 5.75. The first kappa shape index (κ1) is 15.2. The van der Waals surface area contributed by atoms with E-state index in [9.17, 15) is 4.39 Å². The fourth-order valence-electron chi connectivity index (χ4n) is 2.11. The molecule has 2 nitrogen and oxygen atoms in total. The highest BCUT2D eigenvalue weighted by atomic mass is 79.9. The number of benzene rings is 2. The average molecular weight is 337 g/mol. The summed E-state index contributed by atoms with van der Waals surface area (Å²) in [5.74, 6) is -0.188. The Morgan fingerprint density at radius 3 is 2.45 bits per heavy atom. The van der Waals surface area contributed by atoms with Crippen LogP contribution >= 0.6 is 15.9 Å². The van der Waals surface area contributed by atoms with Gasteiger partial charge in [0.15, 0.2) is 0 Å². The summed E-state index contributed by atoms with van der Waals surface area (Å²) >= 11 is 3.53. The fraction of sp³-hybridized carbons (Fsp3) is 0.250. The number of hydrogen-bond donors (Lipinski definition) is 1. The minimum atomic E-state index is -0.188. The van der Waals surface area contributed by atoms with Crippen molar-refractivity contribution in [1.29, 1.82) is 0 Å². The summed E-state index contributed by atoms with van der Waals surface area (Å²) in [7, 11) is 1.98. The zero-order chi connectivity index (χ0) is 14.5. The van der Waals surface area contributed by atoms with E-state index < -0.39 is 0 Å². The van der Waals surface area contributed by atoms with Crippen molar-refractivity contribution >= 4 is 15.9 Å². The Bertz CT molecular complexity index is 586.